The number of benzene rings is 2. The van der Waals surface area contributed by atoms with Crippen molar-refractivity contribution in [2.24, 2.45) is 0 Å². The average Bonchev–Trinajstić information content (AvgIpc) is 3.68. The van der Waals surface area contributed by atoms with Gasteiger partial charge in [-0.3, -0.25) is 9.69 Å². The zero-order chi connectivity index (χ0) is 28.1. The number of anilines is 1. The number of hydrogen-bond donors (Lipinski definition) is 2. The molecule has 0 spiro atoms. The molecule has 1 unspecified atom stereocenters. The molecule has 1 atom stereocenters. The summed E-state index contributed by atoms with van der Waals surface area (Å²) in [5.41, 5.74) is 5.50. The van der Waals surface area contributed by atoms with Gasteiger partial charge < -0.3 is 14.7 Å². The molecule has 2 N–H and O–H groups in total. The third-order valence-corrected chi connectivity index (χ3v) is 7.64. The predicted octanol–water partition coefficient (Wildman–Crippen LogP) is 5.15. The largest absolute Gasteiger partial charge is 0.465 e. The van der Waals surface area contributed by atoms with E-state index in [1.807, 2.05) is 19.1 Å². The second-order valence-electron chi connectivity index (χ2n) is 9.54. The SMILES string of the molecule is Cc1cc(N(C)C(=O)O)ccc1-c1nc(C2CCc3cc(-c4cc(Cl)ccc4-n4cnnn4)cc(=O)n32)[nH]c1Cl. The number of carbonyl (C=O) groups is 1. The van der Waals surface area contributed by atoms with Crippen LogP contribution in [0.2, 0.25) is 10.2 Å². The zero-order valence-electron chi connectivity index (χ0n) is 21.3. The van der Waals surface area contributed by atoms with Gasteiger partial charge in [0.2, 0.25) is 0 Å². The van der Waals surface area contributed by atoms with E-state index < -0.39 is 6.09 Å². The fourth-order valence-electron chi connectivity index (χ4n) is 5.16. The number of hydrogen-bond acceptors (Lipinski definition) is 6. The van der Waals surface area contributed by atoms with E-state index >= 15 is 0 Å². The van der Waals surface area contributed by atoms with Crippen LogP contribution in [0.3, 0.4) is 0 Å². The summed E-state index contributed by atoms with van der Waals surface area (Å²) in [6.07, 6.45) is 1.76. The van der Waals surface area contributed by atoms with Crippen LogP contribution in [-0.2, 0) is 6.42 Å². The number of carboxylic acid groups (broad SMARTS) is 1. The Kier molecular flexibility index (Phi) is 6.40. The van der Waals surface area contributed by atoms with E-state index in [1.165, 1.54) is 18.1 Å². The van der Waals surface area contributed by atoms with Gasteiger partial charge in [0.25, 0.3) is 5.56 Å². The topological polar surface area (TPSA) is 135 Å². The first-order chi connectivity index (χ1) is 19.2. The number of fused-ring (bicyclic) bond motifs is 1. The highest BCUT2D eigenvalue weighted by Crippen LogP contribution is 2.37. The Morgan fingerprint density at radius 1 is 1.12 bits per heavy atom. The summed E-state index contributed by atoms with van der Waals surface area (Å²) < 4.78 is 3.27. The van der Waals surface area contributed by atoms with Gasteiger partial charge in [-0.15, -0.1) is 5.10 Å². The van der Waals surface area contributed by atoms with Gasteiger partial charge in [-0.05, 0) is 77.7 Å². The number of amides is 1. The monoisotopic (exact) mass is 576 g/mol. The number of nitrogens with zero attached hydrogens (tertiary/aromatic N) is 7. The average molecular weight is 577 g/mol. The maximum atomic E-state index is 13.5. The molecule has 0 bridgehead atoms. The third kappa shape index (κ3) is 4.42. The van der Waals surface area contributed by atoms with Gasteiger partial charge in [-0.2, -0.15) is 4.68 Å². The van der Waals surface area contributed by atoms with Crippen molar-refractivity contribution < 1.29 is 9.90 Å². The number of aromatic amines is 1. The molecule has 0 saturated carbocycles. The number of tetrazole rings is 1. The minimum absolute atomic E-state index is 0.177. The number of rotatable bonds is 5. The Bertz CT molecular complexity index is 1830. The molecule has 6 rings (SSSR count). The van der Waals surface area contributed by atoms with E-state index in [0.717, 1.165) is 27.3 Å². The Hall–Kier alpha value is -4.48. The minimum Gasteiger partial charge on any atom is -0.465 e. The zero-order valence-corrected chi connectivity index (χ0v) is 22.8. The first kappa shape index (κ1) is 25.8. The predicted molar refractivity (Wildman–Crippen MR) is 151 cm³/mol. The van der Waals surface area contributed by atoms with Gasteiger partial charge >= 0.3 is 6.09 Å². The first-order valence-electron chi connectivity index (χ1n) is 12.3. The summed E-state index contributed by atoms with van der Waals surface area (Å²) in [6, 6.07) is 13.9. The quantitative estimate of drug-likeness (QED) is 0.295. The maximum absolute atomic E-state index is 13.5. The van der Waals surface area contributed by atoms with Crippen LogP contribution in [0.25, 0.3) is 28.1 Å². The molecule has 202 valence electrons. The van der Waals surface area contributed by atoms with E-state index in [9.17, 15) is 14.7 Å². The van der Waals surface area contributed by atoms with Crippen LogP contribution < -0.4 is 10.5 Å². The second-order valence-corrected chi connectivity index (χ2v) is 10.4. The smallest absolute Gasteiger partial charge is 0.411 e. The molecule has 1 aliphatic rings. The Morgan fingerprint density at radius 3 is 2.67 bits per heavy atom. The molecule has 4 heterocycles. The lowest BCUT2D eigenvalue weighted by molar-refractivity contribution is 0.203. The van der Waals surface area contributed by atoms with Crippen molar-refractivity contribution in [2.75, 3.05) is 11.9 Å². The minimum atomic E-state index is -1.05. The Balaban J connectivity index is 1.36. The lowest BCUT2D eigenvalue weighted by Crippen LogP contribution is -2.24. The number of halogens is 2. The van der Waals surface area contributed by atoms with Crippen molar-refractivity contribution in [2.45, 2.75) is 25.8 Å². The van der Waals surface area contributed by atoms with E-state index in [-0.39, 0.29) is 11.6 Å². The summed E-state index contributed by atoms with van der Waals surface area (Å²) >= 11 is 12.9. The van der Waals surface area contributed by atoms with Crippen LogP contribution in [0.15, 0.2) is 59.7 Å². The molecule has 0 fully saturated rings. The summed E-state index contributed by atoms with van der Waals surface area (Å²) in [5.74, 6) is 0.580. The van der Waals surface area contributed by atoms with Crippen LogP contribution in [0.5, 0.6) is 0 Å². The third-order valence-electron chi connectivity index (χ3n) is 7.13. The van der Waals surface area contributed by atoms with Crippen LogP contribution >= 0.6 is 23.2 Å². The van der Waals surface area contributed by atoms with Crippen molar-refractivity contribution in [1.82, 2.24) is 34.7 Å². The van der Waals surface area contributed by atoms with Crippen molar-refractivity contribution in [3.63, 3.8) is 0 Å². The number of aromatic nitrogens is 7. The highest BCUT2D eigenvalue weighted by molar-refractivity contribution is 6.32. The molecular weight excluding hydrogens is 555 g/mol. The van der Waals surface area contributed by atoms with Gasteiger partial charge in [0.05, 0.1) is 11.7 Å². The standard InChI is InChI=1S/C27H22Cl2N8O3/c1-14-9-17(35(2)27(39)40)4-6-19(14)24-25(29)32-26(31-24)22-8-5-18-10-15(11-23(38)37(18)22)20-12-16(28)3-7-21(20)36-13-30-33-34-36/h3-4,6-7,9-13,22H,5,8H2,1-2H3,(H,31,32)(H,39,40). The molecule has 3 aromatic heterocycles. The van der Waals surface area contributed by atoms with E-state index in [1.54, 1.807) is 41.0 Å². The van der Waals surface area contributed by atoms with Crippen LogP contribution in [0.4, 0.5) is 10.5 Å². The molecular formula is C27H22Cl2N8O3. The van der Waals surface area contributed by atoms with Gasteiger partial charge in [0, 0.05) is 40.6 Å². The van der Waals surface area contributed by atoms with Gasteiger partial charge in [0.1, 0.15) is 23.0 Å². The van der Waals surface area contributed by atoms with Crippen molar-refractivity contribution >= 4 is 35.0 Å². The fourth-order valence-corrected chi connectivity index (χ4v) is 5.57. The van der Waals surface area contributed by atoms with Gasteiger partial charge in [-0.25, -0.2) is 9.78 Å². The van der Waals surface area contributed by atoms with E-state index in [0.29, 0.717) is 51.5 Å². The number of H-pyrrole nitrogens is 1. The number of pyridine rings is 1. The molecule has 1 amide bonds. The van der Waals surface area contributed by atoms with Gasteiger partial charge in [0.15, 0.2) is 0 Å². The molecule has 5 aromatic rings. The molecule has 40 heavy (non-hydrogen) atoms. The molecule has 2 aromatic carbocycles. The fraction of sp³-hybridized carbons (Fsp3) is 0.185. The van der Waals surface area contributed by atoms with Gasteiger partial charge in [-0.1, -0.05) is 29.3 Å². The number of nitrogens with one attached hydrogen (secondary N) is 1. The van der Waals surface area contributed by atoms with Crippen LogP contribution in [-0.4, -0.2) is 53.0 Å². The molecule has 0 saturated heterocycles. The highest BCUT2D eigenvalue weighted by atomic mass is 35.5. The Morgan fingerprint density at radius 2 is 1.95 bits per heavy atom. The van der Waals surface area contributed by atoms with E-state index in [4.69, 9.17) is 28.2 Å². The van der Waals surface area contributed by atoms with Crippen molar-refractivity contribution in [3.8, 4) is 28.1 Å². The van der Waals surface area contributed by atoms with E-state index in [2.05, 4.69) is 20.5 Å². The number of aryl methyl sites for hydroxylation is 2. The lowest BCUT2D eigenvalue weighted by Gasteiger charge is -2.15. The summed E-state index contributed by atoms with van der Waals surface area (Å²) in [7, 11) is 1.48. The highest BCUT2D eigenvalue weighted by Gasteiger charge is 2.29. The van der Waals surface area contributed by atoms with Crippen molar-refractivity contribution in [1.29, 1.82) is 0 Å². The molecule has 1 aliphatic heterocycles. The molecule has 11 nitrogen and oxygen atoms in total. The molecule has 13 heteroatoms. The number of imidazole rings is 1. The van der Waals surface area contributed by atoms with Crippen LogP contribution in [0.1, 0.15) is 29.5 Å². The Labute approximate surface area is 237 Å². The summed E-state index contributed by atoms with van der Waals surface area (Å²) in [6.45, 7) is 1.87. The van der Waals surface area contributed by atoms with Crippen LogP contribution in [0, 0.1) is 6.92 Å². The summed E-state index contributed by atoms with van der Waals surface area (Å²) in [4.78, 5) is 33.9. The second kappa shape index (κ2) is 9.92. The molecule has 0 radical (unpaired) electrons. The maximum Gasteiger partial charge on any atom is 0.411 e. The normalized spacial score (nSPS) is 14.3. The van der Waals surface area contributed by atoms with Crippen molar-refractivity contribution in [3.05, 3.63) is 92.5 Å². The molecule has 0 aliphatic carbocycles. The summed E-state index contributed by atoms with van der Waals surface area (Å²) in [5, 5.41) is 21.6. The first-order valence-corrected chi connectivity index (χ1v) is 13.1. The lowest BCUT2D eigenvalue weighted by atomic mass is 10.0.